The fraction of sp³-hybridized carbons (Fsp3) is 0.333. The Kier molecular flexibility index (Phi) is 7.89. The fourth-order valence-corrected chi connectivity index (χ4v) is 6.57. The standard InChI is InChI=1S/C18H22Cl2N2O4S2/c1-3-21(4-2)13-14-22(27(23,24)17-9-5-15(19)6-10-17)28(25,26)18-11-7-16(20)8-12-18/h5-12H,3-4,13-14H2,1-2H3/p+1. The van der Waals surface area contributed by atoms with Gasteiger partial charge in [-0.3, -0.25) is 0 Å². The van der Waals surface area contributed by atoms with Crippen molar-refractivity contribution < 1.29 is 21.7 Å². The van der Waals surface area contributed by atoms with E-state index in [1.165, 1.54) is 48.5 Å². The molecule has 2 aromatic rings. The van der Waals surface area contributed by atoms with Gasteiger partial charge in [-0.05, 0) is 62.4 Å². The van der Waals surface area contributed by atoms with Crippen molar-refractivity contribution in [3.05, 3.63) is 58.6 Å². The molecule has 0 amide bonds. The quantitative estimate of drug-likeness (QED) is 0.616. The second-order valence-electron chi connectivity index (χ2n) is 6.12. The molecule has 154 valence electrons. The molecule has 0 aliphatic heterocycles. The smallest absolute Gasteiger partial charge is 0.256 e. The Morgan fingerprint density at radius 2 is 1.11 bits per heavy atom. The Labute approximate surface area is 176 Å². The minimum Gasteiger partial charge on any atom is -0.334 e. The van der Waals surface area contributed by atoms with Gasteiger partial charge in [-0.1, -0.05) is 26.9 Å². The van der Waals surface area contributed by atoms with Gasteiger partial charge in [-0.15, -0.1) is 0 Å². The van der Waals surface area contributed by atoms with Crippen molar-refractivity contribution in [3.8, 4) is 0 Å². The average molecular weight is 466 g/mol. The molecule has 0 aromatic heterocycles. The highest BCUT2D eigenvalue weighted by Crippen LogP contribution is 2.25. The third kappa shape index (κ3) is 5.25. The predicted molar refractivity (Wildman–Crippen MR) is 111 cm³/mol. The van der Waals surface area contributed by atoms with Gasteiger partial charge in [0.1, 0.15) is 0 Å². The van der Waals surface area contributed by atoms with Gasteiger partial charge < -0.3 is 4.90 Å². The average Bonchev–Trinajstić information content (AvgIpc) is 2.65. The number of nitrogens with one attached hydrogen (secondary N) is 1. The zero-order valence-corrected chi connectivity index (χ0v) is 18.7. The summed E-state index contributed by atoms with van der Waals surface area (Å²) < 4.78 is 53.3. The van der Waals surface area contributed by atoms with Gasteiger partial charge in [0.25, 0.3) is 20.0 Å². The second kappa shape index (κ2) is 9.56. The molecular formula is C18H23Cl2N2O4S2+. The first-order valence-corrected chi connectivity index (χ1v) is 12.4. The van der Waals surface area contributed by atoms with E-state index in [0.29, 0.717) is 20.3 Å². The van der Waals surface area contributed by atoms with Crippen LogP contribution in [-0.2, 0) is 20.0 Å². The lowest BCUT2D eigenvalue weighted by molar-refractivity contribution is -0.895. The maximum absolute atomic E-state index is 13.2. The van der Waals surface area contributed by atoms with Crippen LogP contribution in [0.3, 0.4) is 0 Å². The summed E-state index contributed by atoms with van der Waals surface area (Å²) >= 11 is 11.7. The summed E-state index contributed by atoms with van der Waals surface area (Å²) in [5, 5.41) is 0.720. The van der Waals surface area contributed by atoms with E-state index in [0.717, 1.165) is 18.0 Å². The second-order valence-corrected chi connectivity index (χ2v) is 11.0. The molecule has 0 heterocycles. The van der Waals surface area contributed by atoms with E-state index in [-0.39, 0.29) is 16.3 Å². The largest absolute Gasteiger partial charge is 0.334 e. The molecule has 10 heteroatoms. The van der Waals surface area contributed by atoms with Gasteiger partial charge >= 0.3 is 0 Å². The molecule has 0 bridgehead atoms. The minimum absolute atomic E-state index is 0.135. The summed E-state index contributed by atoms with van der Waals surface area (Å²) in [7, 11) is -8.61. The zero-order valence-electron chi connectivity index (χ0n) is 15.6. The van der Waals surface area contributed by atoms with Gasteiger partial charge in [-0.25, -0.2) is 16.8 Å². The van der Waals surface area contributed by atoms with Gasteiger partial charge in [0, 0.05) is 10.0 Å². The van der Waals surface area contributed by atoms with Crippen LogP contribution in [-0.4, -0.2) is 46.7 Å². The Morgan fingerprint density at radius 1 is 0.750 bits per heavy atom. The molecule has 0 aliphatic carbocycles. The van der Waals surface area contributed by atoms with Crippen LogP contribution in [0, 0.1) is 0 Å². The van der Waals surface area contributed by atoms with Crippen LogP contribution in [0.4, 0.5) is 0 Å². The van der Waals surface area contributed by atoms with Crippen molar-refractivity contribution in [2.24, 2.45) is 0 Å². The number of benzene rings is 2. The number of rotatable bonds is 9. The van der Waals surface area contributed by atoms with E-state index in [1.54, 1.807) is 0 Å². The van der Waals surface area contributed by atoms with E-state index < -0.39 is 20.0 Å². The summed E-state index contributed by atoms with van der Waals surface area (Å²) in [5.74, 6) is 0. The third-order valence-electron chi connectivity index (χ3n) is 4.41. The highest BCUT2D eigenvalue weighted by molar-refractivity contribution is 8.04. The Balaban J connectivity index is 2.52. The number of hydrogen-bond acceptors (Lipinski definition) is 4. The number of sulfonamides is 2. The lowest BCUT2D eigenvalue weighted by atomic mass is 10.4. The van der Waals surface area contributed by atoms with Crippen molar-refractivity contribution in [1.82, 2.24) is 3.71 Å². The molecule has 0 radical (unpaired) electrons. The van der Waals surface area contributed by atoms with Gasteiger partial charge in [0.2, 0.25) is 0 Å². The lowest BCUT2D eigenvalue weighted by Gasteiger charge is -2.24. The molecule has 0 fully saturated rings. The zero-order chi connectivity index (χ0) is 20.9. The molecule has 2 aromatic carbocycles. The first-order chi connectivity index (χ1) is 13.1. The van der Waals surface area contributed by atoms with E-state index >= 15 is 0 Å². The summed E-state index contributed by atoms with van der Waals surface area (Å²) in [4.78, 5) is 0.815. The first-order valence-electron chi connectivity index (χ1n) is 8.75. The van der Waals surface area contributed by atoms with Crippen molar-refractivity contribution >= 4 is 43.2 Å². The maximum Gasteiger partial charge on any atom is 0.256 e. The fourth-order valence-electron chi connectivity index (χ4n) is 2.67. The molecule has 2 rings (SSSR count). The van der Waals surface area contributed by atoms with Crippen LogP contribution in [0.1, 0.15) is 13.8 Å². The van der Waals surface area contributed by atoms with Crippen molar-refractivity contribution in [1.29, 1.82) is 0 Å². The summed E-state index contributed by atoms with van der Waals surface area (Å²) in [5.41, 5.74) is 0. The maximum atomic E-state index is 13.2. The first kappa shape index (κ1) is 23.1. The number of nitrogens with zero attached hydrogens (tertiary/aromatic N) is 1. The summed E-state index contributed by atoms with van der Waals surface area (Å²) in [6.45, 7) is 5.62. The van der Waals surface area contributed by atoms with Crippen LogP contribution >= 0.6 is 23.2 Å². The number of hydrogen-bond donors (Lipinski definition) is 1. The molecule has 0 saturated carbocycles. The molecule has 0 aliphatic rings. The molecule has 6 nitrogen and oxygen atoms in total. The van der Waals surface area contributed by atoms with Gasteiger partial charge in [0.15, 0.2) is 0 Å². The van der Waals surface area contributed by atoms with Crippen LogP contribution in [0.15, 0.2) is 58.3 Å². The van der Waals surface area contributed by atoms with Crippen molar-refractivity contribution in [2.45, 2.75) is 23.6 Å². The highest BCUT2D eigenvalue weighted by Gasteiger charge is 2.37. The van der Waals surface area contributed by atoms with Gasteiger partial charge in [-0.2, -0.15) is 0 Å². The molecule has 1 N–H and O–H groups in total. The van der Waals surface area contributed by atoms with Crippen LogP contribution < -0.4 is 4.90 Å². The topological polar surface area (TPSA) is 76.0 Å². The van der Waals surface area contributed by atoms with Crippen LogP contribution in [0.25, 0.3) is 0 Å². The number of likely N-dealkylation sites (N-methyl/N-ethyl adjacent to an activating group) is 1. The molecule has 0 unspecified atom stereocenters. The molecule has 0 saturated heterocycles. The van der Waals surface area contributed by atoms with E-state index in [1.807, 2.05) is 13.8 Å². The third-order valence-corrected chi connectivity index (χ3v) is 9.26. The number of quaternary nitrogens is 1. The normalized spacial score (nSPS) is 12.6. The Morgan fingerprint density at radius 3 is 1.43 bits per heavy atom. The Hall–Kier alpha value is -1.16. The van der Waals surface area contributed by atoms with E-state index in [9.17, 15) is 16.8 Å². The minimum atomic E-state index is -4.31. The molecule has 0 atom stereocenters. The van der Waals surface area contributed by atoms with E-state index in [2.05, 4.69) is 0 Å². The predicted octanol–water partition coefficient (Wildman–Crippen LogP) is 2.30. The van der Waals surface area contributed by atoms with Crippen molar-refractivity contribution in [2.75, 3.05) is 26.2 Å². The summed E-state index contributed by atoms with van der Waals surface area (Å²) in [6.07, 6.45) is 0. The molecule has 0 spiro atoms. The van der Waals surface area contributed by atoms with Crippen LogP contribution in [0.5, 0.6) is 0 Å². The SMILES string of the molecule is CC[NH+](CC)CCN(S(=O)(=O)c1ccc(Cl)cc1)S(=O)(=O)c1ccc(Cl)cc1. The summed E-state index contributed by atoms with van der Waals surface area (Å²) in [6, 6.07) is 10.8. The molecule has 28 heavy (non-hydrogen) atoms. The van der Waals surface area contributed by atoms with Gasteiger partial charge in [0.05, 0.1) is 36.0 Å². The van der Waals surface area contributed by atoms with E-state index in [4.69, 9.17) is 23.2 Å². The molecular weight excluding hydrogens is 443 g/mol. The lowest BCUT2D eigenvalue weighted by Crippen LogP contribution is -3.12. The Bertz CT molecular complexity index is 913. The van der Waals surface area contributed by atoms with Crippen LogP contribution in [0.2, 0.25) is 10.0 Å². The monoisotopic (exact) mass is 465 g/mol. The number of halogens is 2. The highest BCUT2D eigenvalue weighted by atomic mass is 35.5. The van der Waals surface area contributed by atoms with Crippen molar-refractivity contribution in [3.63, 3.8) is 0 Å².